The van der Waals surface area contributed by atoms with Gasteiger partial charge < -0.3 is 14.9 Å². The van der Waals surface area contributed by atoms with E-state index in [9.17, 15) is 0 Å². The molecule has 1 rings (SSSR count). The topological polar surface area (TPSA) is 66.8 Å². The molecule has 1 fully saturated rings. The zero-order chi connectivity index (χ0) is 7.82. The molecule has 0 spiro atoms. The molecule has 2 N–H and O–H groups in total. The summed E-state index contributed by atoms with van der Waals surface area (Å²) in [6.45, 7) is 1.22. The maximum atomic E-state index is 9.12. The number of aliphatic carboxylic acids is 1. The first-order valence-electron chi connectivity index (χ1n) is 3.17. The Hall–Kier alpha value is -0.610. The van der Waals surface area contributed by atoms with Gasteiger partial charge in [-0.25, -0.2) is 4.79 Å². The highest BCUT2D eigenvalue weighted by Gasteiger charge is 1.94. The fraction of sp³-hybridized carbons (Fsp3) is 0.833. The lowest BCUT2D eigenvalue weighted by Gasteiger charge is -1.76. The lowest BCUT2D eigenvalue weighted by Crippen LogP contribution is -1.98. The summed E-state index contributed by atoms with van der Waals surface area (Å²) in [6, 6.07) is 0. The van der Waals surface area contributed by atoms with E-state index >= 15 is 0 Å². The number of carbonyl (C=O) groups is 1. The summed E-state index contributed by atoms with van der Waals surface area (Å²) in [6.07, 6.45) is 2.56. The second kappa shape index (κ2) is 6.51. The van der Waals surface area contributed by atoms with Crippen molar-refractivity contribution in [2.24, 2.45) is 0 Å². The monoisotopic (exact) mass is 148 g/mol. The molecule has 0 aliphatic carbocycles. The minimum absolute atomic E-state index is 0.778. The van der Waals surface area contributed by atoms with Crippen molar-refractivity contribution in [3.8, 4) is 0 Å². The molecule has 0 unspecified atom stereocenters. The van der Waals surface area contributed by atoms with E-state index in [1.54, 1.807) is 0 Å². The zero-order valence-electron chi connectivity index (χ0n) is 5.75. The maximum Gasteiger partial charge on any atom is 0.329 e. The first kappa shape index (κ1) is 9.39. The van der Waals surface area contributed by atoms with Crippen molar-refractivity contribution < 1.29 is 19.7 Å². The number of aliphatic hydroxyl groups excluding tert-OH is 1. The van der Waals surface area contributed by atoms with Gasteiger partial charge >= 0.3 is 5.97 Å². The minimum atomic E-state index is -1.19. The van der Waals surface area contributed by atoms with Crippen LogP contribution < -0.4 is 0 Å². The Balaban J connectivity index is 0.000000162. The Morgan fingerprint density at radius 3 is 1.90 bits per heavy atom. The van der Waals surface area contributed by atoms with Crippen molar-refractivity contribution in [1.82, 2.24) is 0 Å². The summed E-state index contributed by atoms with van der Waals surface area (Å²) in [4.78, 5) is 9.12. The Kier molecular flexibility index (Phi) is 6.11. The summed E-state index contributed by atoms with van der Waals surface area (Å²) in [5.41, 5.74) is 0. The molecule has 4 nitrogen and oxygen atoms in total. The number of rotatable bonds is 1. The van der Waals surface area contributed by atoms with Crippen LogP contribution in [-0.4, -0.2) is 36.0 Å². The number of hydrogen-bond acceptors (Lipinski definition) is 3. The smallest absolute Gasteiger partial charge is 0.329 e. The Labute approximate surface area is 59.4 Å². The largest absolute Gasteiger partial charge is 0.480 e. The minimum Gasteiger partial charge on any atom is -0.480 e. The third kappa shape index (κ3) is 7.39. The number of hydrogen-bond donors (Lipinski definition) is 2. The van der Waals surface area contributed by atoms with E-state index in [2.05, 4.69) is 0 Å². The standard InChI is InChI=1S/C4H8O.C2H4O3/c1-2-4-5-3-1;3-1-2(4)5/h1-4H2;3H,1H2,(H,4,5). The molecule has 0 aromatic heterocycles. The number of ether oxygens (including phenoxy) is 1. The molecule has 0 aromatic carbocycles. The molecule has 10 heavy (non-hydrogen) atoms. The van der Waals surface area contributed by atoms with E-state index in [1.807, 2.05) is 0 Å². The number of aliphatic hydroxyl groups is 1. The van der Waals surface area contributed by atoms with Gasteiger partial charge in [0, 0.05) is 13.2 Å². The summed E-state index contributed by atoms with van der Waals surface area (Å²) >= 11 is 0. The molecular weight excluding hydrogens is 136 g/mol. The molecule has 1 heterocycles. The van der Waals surface area contributed by atoms with Crippen LogP contribution in [0.25, 0.3) is 0 Å². The highest BCUT2D eigenvalue weighted by atomic mass is 16.5. The highest BCUT2D eigenvalue weighted by molar-refractivity contribution is 5.67. The zero-order valence-corrected chi connectivity index (χ0v) is 5.75. The molecule has 0 aromatic rings. The van der Waals surface area contributed by atoms with Crippen LogP contribution in [-0.2, 0) is 9.53 Å². The van der Waals surface area contributed by atoms with Crippen molar-refractivity contribution in [2.45, 2.75) is 12.8 Å². The van der Waals surface area contributed by atoms with Crippen LogP contribution in [0, 0.1) is 0 Å². The molecule has 4 heteroatoms. The van der Waals surface area contributed by atoms with Crippen LogP contribution in [0.2, 0.25) is 0 Å². The maximum absolute atomic E-state index is 9.12. The van der Waals surface area contributed by atoms with Crippen LogP contribution in [0.15, 0.2) is 0 Å². The normalized spacial score (nSPS) is 15.7. The van der Waals surface area contributed by atoms with Gasteiger partial charge in [0.15, 0.2) is 0 Å². The van der Waals surface area contributed by atoms with Crippen LogP contribution in [0.4, 0.5) is 0 Å². The molecular formula is C6H12O4. The molecule has 1 saturated heterocycles. The lowest BCUT2D eigenvalue weighted by atomic mass is 10.4. The third-order valence-corrected chi connectivity index (χ3v) is 0.963. The molecule has 1 aliphatic rings. The fourth-order valence-electron chi connectivity index (χ4n) is 0.510. The number of carboxylic acids is 1. The van der Waals surface area contributed by atoms with E-state index in [-0.39, 0.29) is 0 Å². The van der Waals surface area contributed by atoms with Crippen molar-refractivity contribution >= 4 is 5.97 Å². The van der Waals surface area contributed by atoms with E-state index < -0.39 is 12.6 Å². The van der Waals surface area contributed by atoms with Crippen LogP contribution in [0.3, 0.4) is 0 Å². The molecule has 0 amide bonds. The van der Waals surface area contributed by atoms with Gasteiger partial charge in [-0.15, -0.1) is 0 Å². The van der Waals surface area contributed by atoms with Crippen LogP contribution in [0.1, 0.15) is 12.8 Å². The second-order valence-corrected chi connectivity index (χ2v) is 1.87. The van der Waals surface area contributed by atoms with E-state index in [1.165, 1.54) is 12.8 Å². The summed E-state index contributed by atoms with van der Waals surface area (Å²) in [5, 5.41) is 15.0. The van der Waals surface area contributed by atoms with Crippen molar-refractivity contribution in [3.63, 3.8) is 0 Å². The third-order valence-electron chi connectivity index (χ3n) is 0.963. The van der Waals surface area contributed by atoms with Crippen LogP contribution in [0.5, 0.6) is 0 Å². The highest BCUT2D eigenvalue weighted by Crippen LogP contribution is 1.98. The molecule has 60 valence electrons. The lowest BCUT2D eigenvalue weighted by molar-refractivity contribution is -0.140. The Morgan fingerprint density at radius 1 is 1.40 bits per heavy atom. The van der Waals surface area contributed by atoms with Crippen molar-refractivity contribution in [3.05, 3.63) is 0 Å². The first-order valence-corrected chi connectivity index (χ1v) is 3.17. The van der Waals surface area contributed by atoms with Gasteiger partial charge in [0.2, 0.25) is 0 Å². The van der Waals surface area contributed by atoms with Gasteiger partial charge in [-0.3, -0.25) is 0 Å². The Morgan fingerprint density at radius 2 is 1.80 bits per heavy atom. The first-order chi connectivity index (χ1) is 4.77. The van der Waals surface area contributed by atoms with E-state index in [0.29, 0.717) is 0 Å². The molecule has 0 radical (unpaired) electrons. The molecule has 1 aliphatic heterocycles. The Bertz CT molecular complexity index is 80.1. The predicted molar refractivity (Wildman–Crippen MR) is 34.8 cm³/mol. The summed E-state index contributed by atoms with van der Waals surface area (Å²) in [5.74, 6) is -1.19. The van der Waals surface area contributed by atoms with Crippen molar-refractivity contribution in [2.75, 3.05) is 19.8 Å². The second-order valence-electron chi connectivity index (χ2n) is 1.87. The van der Waals surface area contributed by atoms with Gasteiger partial charge in [0.05, 0.1) is 0 Å². The predicted octanol–water partition coefficient (Wildman–Crippen LogP) is -0.140. The van der Waals surface area contributed by atoms with Gasteiger partial charge in [0.1, 0.15) is 6.61 Å². The fourth-order valence-corrected chi connectivity index (χ4v) is 0.510. The molecule has 0 bridgehead atoms. The molecule has 0 saturated carbocycles. The average Bonchev–Trinajstić information content (AvgIpc) is 2.43. The SMILES string of the molecule is C1CCOC1.O=C(O)CO. The average molecular weight is 148 g/mol. The quantitative estimate of drug-likeness (QED) is 0.543. The van der Waals surface area contributed by atoms with Gasteiger partial charge in [-0.2, -0.15) is 0 Å². The van der Waals surface area contributed by atoms with Gasteiger partial charge in [0.25, 0.3) is 0 Å². The van der Waals surface area contributed by atoms with Crippen LogP contribution >= 0.6 is 0 Å². The number of carboxylic acid groups (broad SMARTS) is 1. The van der Waals surface area contributed by atoms with Crippen molar-refractivity contribution in [1.29, 1.82) is 0 Å². The van der Waals surface area contributed by atoms with E-state index in [0.717, 1.165) is 13.2 Å². The van der Waals surface area contributed by atoms with E-state index in [4.69, 9.17) is 19.7 Å². The molecule has 0 atom stereocenters. The summed E-state index contributed by atoms with van der Waals surface area (Å²) < 4.78 is 4.94. The van der Waals surface area contributed by atoms with Gasteiger partial charge in [-0.05, 0) is 12.8 Å². The summed E-state index contributed by atoms with van der Waals surface area (Å²) in [7, 11) is 0. The van der Waals surface area contributed by atoms with Gasteiger partial charge in [-0.1, -0.05) is 0 Å².